The summed E-state index contributed by atoms with van der Waals surface area (Å²) in [7, 11) is 0. The highest BCUT2D eigenvalue weighted by Crippen LogP contribution is 2.35. The minimum atomic E-state index is -0.125. The molecule has 162 valence electrons. The van der Waals surface area contributed by atoms with Crippen LogP contribution in [0.25, 0.3) is 10.9 Å². The van der Waals surface area contributed by atoms with Crippen molar-refractivity contribution in [1.82, 2.24) is 9.66 Å². The van der Waals surface area contributed by atoms with Crippen LogP contribution in [0.15, 0.2) is 55.2 Å². The summed E-state index contributed by atoms with van der Waals surface area (Å²) < 4.78 is 9.01. The van der Waals surface area contributed by atoms with E-state index >= 15 is 0 Å². The molecule has 0 saturated heterocycles. The van der Waals surface area contributed by atoms with Gasteiger partial charge in [0.05, 0.1) is 32.2 Å². The Labute approximate surface area is 198 Å². The fourth-order valence-electron chi connectivity index (χ4n) is 4.00. The molecule has 0 amide bonds. The van der Waals surface area contributed by atoms with Gasteiger partial charge < -0.3 is 4.74 Å². The van der Waals surface area contributed by atoms with Gasteiger partial charge in [-0.05, 0) is 88.4 Å². The summed E-state index contributed by atoms with van der Waals surface area (Å²) in [4.78, 5) is 18.2. The summed E-state index contributed by atoms with van der Waals surface area (Å²) in [6.45, 7) is 3.97. The van der Waals surface area contributed by atoms with E-state index in [1.54, 1.807) is 6.21 Å². The molecule has 0 radical (unpaired) electrons. The number of ether oxygens (including phenoxy) is 1. The predicted octanol–water partition coefficient (Wildman–Crippen LogP) is 6.64. The normalized spacial score (nSPS) is 15.3. The van der Waals surface area contributed by atoms with Crippen molar-refractivity contribution in [3.05, 3.63) is 67.1 Å². The Hall–Kier alpha value is -1.99. The number of fused-ring (bicyclic) bond motifs is 1. The minimum absolute atomic E-state index is 0.0624. The van der Waals surface area contributed by atoms with Crippen LogP contribution in [0.3, 0.4) is 0 Å². The van der Waals surface area contributed by atoms with Crippen LogP contribution in [-0.2, 0) is 0 Å². The number of hydrogen-bond acceptors (Lipinski definition) is 4. The first-order valence-corrected chi connectivity index (χ1v) is 12.2. The summed E-state index contributed by atoms with van der Waals surface area (Å²) in [6, 6.07) is 11.4. The monoisotopic (exact) mass is 545 g/mol. The highest BCUT2D eigenvalue weighted by Gasteiger charge is 2.22. The maximum Gasteiger partial charge on any atom is 0.282 e. The van der Waals surface area contributed by atoms with Crippen molar-refractivity contribution in [3.63, 3.8) is 0 Å². The number of rotatable bonds is 5. The average molecular weight is 547 g/mol. The number of aromatic nitrogens is 2. The van der Waals surface area contributed by atoms with Crippen LogP contribution >= 0.6 is 31.9 Å². The first-order chi connectivity index (χ1) is 14.9. The van der Waals surface area contributed by atoms with E-state index in [1.807, 2.05) is 50.2 Å². The Bertz CT molecular complexity index is 1160. The maximum atomic E-state index is 13.3. The molecule has 3 aromatic rings. The lowest BCUT2D eigenvalue weighted by molar-refractivity contribution is 0.239. The van der Waals surface area contributed by atoms with Crippen molar-refractivity contribution in [2.24, 2.45) is 5.10 Å². The molecule has 0 atom stereocenters. The molecule has 0 unspecified atom stereocenters. The molecule has 0 N–H and O–H groups in total. The molecule has 1 aromatic heterocycles. The zero-order valence-electron chi connectivity index (χ0n) is 17.6. The second kappa shape index (κ2) is 9.65. The third kappa shape index (κ3) is 4.93. The molecule has 1 fully saturated rings. The number of halogens is 2. The molecule has 0 bridgehead atoms. The molecular weight excluding hydrogens is 522 g/mol. The molecule has 1 aliphatic carbocycles. The van der Waals surface area contributed by atoms with Gasteiger partial charge in [0.25, 0.3) is 5.56 Å². The molecule has 5 nitrogen and oxygen atoms in total. The molecule has 7 heteroatoms. The summed E-state index contributed by atoms with van der Waals surface area (Å²) in [5.74, 6) is 1.76. The molecule has 1 aliphatic rings. The fourth-order valence-corrected chi connectivity index (χ4v) is 5.41. The average Bonchev–Trinajstić information content (AvgIpc) is 2.76. The summed E-state index contributed by atoms with van der Waals surface area (Å²) in [5.41, 5.74) is 1.46. The smallest absolute Gasteiger partial charge is 0.282 e. The predicted molar refractivity (Wildman–Crippen MR) is 132 cm³/mol. The van der Waals surface area contributed by atoms with Gasteiger partial charge in [0, 0.05) is 5.92 Å². The summed E-state index contributed by atoms with van der Waals surface area (Å²) >= 11 is 7.16. The maximum absolute atomic E-state index is 13.3. The van der Waals surface area contributed by atoms with Crippen molar-refractivity contribution < 1.29 is 4.74 Å². The Kier molecular flexibility index (Phi) is 6.92. The SMILES string of the molecule is CC(C)Oc1c(Br)cc(C=Nn2c(C3CCCCC3)nc3ccccc3c2=O)cc1Br. The quantitative estimate of drug-likeness (QED) is 0.337. The van der Waals surface area contributed by atoms with Gasteiger partial charge in [0.15, 0.2) is 0 Å². The first-order valence-electron chi connectivity index (χ1n) is 10.7. The molecule has 4 rings (SSSR count). The Morgan fingerprint density at radius 1 is 1.13 bits per heavy atom. The highest BCUT2D eigenvalue weighted by atomic mass is 79.9. The Morgan fingerprint density at radius 2 is 1.81 bits per heavy atom. The first kappa shape index (κ1) is 22.2. The highest BCUT2D eigenvalue weighted by molar-refractivity contribution is 9.11. The lowest BCUT2D eigenvalue weighted by atomic mass is 9.88. The van der Waals surface area contributed by atoms with Crippen molar-refractivity contribution in [2.75, 3.05) is 0 Å². The third-order valence-corrected chi connectivity index (χ3v) is 6.62. The third-order valence-electron chi connectivity index (χ3n) is 5.45. The van der Waals surface area contributed by atoms with Crippen LogP contribution in [0.1, 0.15) is 63.3 Å². The van der Waals surface area contributed by atoms with Crippen LogP contribution in [0.5, 0.6) is 5.75 Å². The number of para-hydroxylation sites is 1. The van der Waals surface area contributed by atoms with E-state index in [0.29, 0.717) is 5.39 Å². The minimum Gasteiger partial charge on any atom is -0.489 e. The van der Waals surface area contributed by atoms with E-state index in [-0.39, 0.29) is 17.6 Å². The second-order valence-corrected chi connectivity index (χ2v) is 9.87. The van der Waals surface area contributed by atoms with E-state index in [9.17, 15) is 4.79 Å². The molecule has 0 aliphatic heterocycles. The van der Waals surface area contributed by atoms with Gasteiger partial charge in [0.2, 0.25) is 0 Å². The van der Waals surface area contributed by atoms with E-state index in [2.05, 4.69) is 37.0 Å². The van der Waals surface area contributed by atoms with Gasteiger partial charge in [-0.1, -0.05) is 31.4 Å². The zero-order chi connectivity index (χ0) is 22.0. The summed E-state index contributed by atoms with van der Waals surface area (Å²) in [5, 5.41) is 5.19. The van der Waals surface area contributed by atoms with E-state index in [1.165, 1.54) is 11.1 Å². The van der Waals surface area contributed by atoms with Crippen molar-refractivity contribution in [3.8, 4) is 5.75 Å². The van der Waals surface area contributed by atoms with E-state index in [4.69, 9.17) is 9.72 Å². The second-order valence-electron chi connectivity index (χ2n) is 8.16. The standard InChI is InChI=1S/C24H25Br2N3O2/c1-15(2)31-22-19(25)12-16(13-20(22)26)14-27-29-23(17-8-4-3-5-9-17)28-21-11-7-6-10-18(21)24(29)30/h6-7,10-15,17H,3-5,8-9H2,1-2H3. The molecule has 0 spiro atoms. The van der Waals surface area contributed by atoms with Gasteiger partial charge in [-0.2, -0.15) is 9.78 Å². The number of benzene rings is 2. The Morgan fingerprint density at radius 3 is 2.48 bits per heavy atom. The topological polar surface area (TPSA) is 56.5 Å². The fraction of sp³-hybridized carbons (Fsp3) is 0.375. The van der Waals surface area contributed by atoms with Crippen LogP contribution in [0.4, 0.5) is 0 Å². The van der Waals surface area contributed by atoms with E-state index < -0.39 is 0 Å². The molecular formula is C24H25Br2N3O2. The van der Waals surface area contributed by atoms with Crippen LogP contribution in [0, 0.1) is 0 Å². The van der Waals surface area contributed by atoms with Gasteiger partial charge in [-0.25, -0.2) is 4.98 Å². The zero-order valence-corrected chi connectivity index (χ0v) is 20.8. The largest absolute Gasteiger partial charge is 0.489 e. The van der Waals surface area contributed by atoms with Crippen molar-refractivity contribution in [2.45, 2.75) is 58.0 Å². The lowest BCUT2D eigenvalue weighted by Crippen LogP contribution is -2.25. The summed E-state index contributed by atoms with van der Waals surface area (Å²) in [6.07, 6.45) is 7.41. The van der Waals surface area contributed by atoms with Gasteiger partial charge in [-0.3, -0.25) is 4.79 Å². The number of nitrogens with zero attached hydrogens (tertiary/aromatic N) is 3. The number of hydrogen-bond donors (Lipinski definition) is 0. The van der Waals surface area contributed by atoms with E-state index in [0.717, 1.165) is 57.3 Å². The molecule has 2 aromatic carbocycles. The molecule has 31 heavy (non-hydrogen) atoms. The van der Waals surface area contributed by atoms with Gasteiger partial charge in [0.1, 0.15) is 11.6 Å². The Balaban J connectivity index is 1.77. The van der Waals surface area contributed by atoms with Gasteiger partial charge >= 0.3 is 0 Å². The van der Waals surface area contributed by atoms with Crippen LogP contribution in [0.2, 0.25) is 0 Å². The van der Waals surface area contributed by atoms with Crippen LogP contribution < -0.4 is 10.3 Å². The molecule has 1 heterocycles. The van der Waals surface area contributed by atoms with Crippen molar-refractivity contribution >= 4 is 49.0 Å². The van der Waals surface area contributed by atoms with Crippen LogP contribution in [-0.4, -0.2) is 22.0 Å². The molecule has 1 saturated carbocycles. The lowest BCUT2D eigenvalue weighted by Gasteiger charge is -2.22. The van der Waals surface area contributed by atoms with Gasteiger partial charge in [-0.15, -0.1) is 0 Å². The van der Waals surface area contributed by atoms with Crippen molar-refractivity contribution in [1.29, 1.82) is 0 Å².